The van der Waals surface area contributed by atoms with Crippen LogP contribution in [0.5, 0.6) is 11.5 Å². The molecule has 0 saturated heterocycles. The Balaban J connectivity index is 2.38. The average molecular weight is 375 g/mol. The Labute approximate surface area is 143 Å². The lowest BCUT2D eigenvalue weighted by Crippen LogP contribution is -2.18. The largest absolute Gasteiger partial charge is 0.573 e. The van der Waals surface area contributed by atoms with Crippen LogP contribution in [0.4, 0.5) is 13.2 Å². The third-order valence-electron chi connectivity index (χ3n) is 3.16. The summed E-state index contributed by atoms with van der Waals surface area (Å²) in [7, 11) is -3.33. The van der Waals surface area contributed by atoms with Crippen LogP contribution in [-0.4, -0.2) is 34.2 Å². The van der Waals surface area contributed by atoms with Crippen LogP contribution in [0.3, 0.4) is 0 Å². The van der Waals surface area contributed by atoms with E-state index >= 15 is 0 Å². The molecule has 2 rings (SSSR count). The number of hydrogen-bond acceptors (Lipinski definition) is 5. The average Bonchev–Trinajstić information content (AvgIpc) is 2.52. The molecule has 0 atom stereocenters. The number of nitrogens with two attached hydrogens (primary N) is 1. The van der Waals surface area contributed by atoms with E-state index in [-0.39, 0.29) is 23.8 Å². The zero-order valence-corrected chi connectivity index (χ0v) is 14.0. The quantitative estimate of drug-likeness (QED) is 0.840. The molecule has 0 aliphatic carbocycles. The molecule has 0 heterocycles. The number of rotatable bonds is 6. The van der Waals surface area contributed by atoms with Gasteiger partial charge in [-0.15, -0.1) is 13.2 Å². The van der Waals surface area contributed by atoms with Crippen LogP contribution in [0.25, 0.3) is 11.1 Å². The van der Waals surface area contributed by atoms with Crippen molar-refractivity contribution < 1.29 is 31.1 Å². The van der Waals surface area contributed by atoms with Crippen molar-refractivity contribution in [2.75, 3.05) is 19.4 Å². The number of hydrogen-bond donors (Lipinski definition) is 1. The highest BCUT2D eigenvalue weighted by Gasteiger charge is 2.32. The van der Waals surface area contributed by atoms with Crippen molar-refractivity contribution in [1.82, 2.24) is 0 Å². The molecule has 2 aromatic rings. The Morgan fingerprint density at radius 3 is 2.12 bits per heavy atom. The molecule has 0 amide bonds. The van der Waals surface area contributed by atoms with E-state index < -0.39 is 21.9 Å². The van der Waals surface area contributed by atoms with Crippen LogP contribution in [0.15, 0.2) is 47.4 Å². The van der Waals surface area contributed by atoms with Crippen LogP contribution in [0.1, 0.15) is 0 Å². The Bertz CT molecular complexity index is 833. The molecule has 0 bridgehead atoms. The van der Waals surface area contributed by atoms with Crippen molar-refractivity contribution in [3.63, 3.8) is 0 Å². The van der Waals surface area contributed by atoms with Gasteiger partial charge in [0.15, 0.2) is 21.3 Å². The summed E-state index contributed by atoms with van der Waals surface area (Å²) in [5.41, 5.74) is 6.47. The van der Waals surface area contributed by atoms with Crippen LogP contribution in [0.2, 0.25) is 0 Å². The van der Waals surface area contributed by atoms with Gasteiger partial charge in [0.25, 0.3) is 0 Å². The number of sulfone groups is 1. The lowest BCUT2D eigenvalue weighted by atomic mass is 10.1. The minimum atomic E-state index is -4.85. The fourth-order valence-corrected chi connectivity index (χ4v) is 2.70. The van der Waals surface area contributed by atoms with Gasteiger partial charge in [0.1, 0.15) is 6.61 Å². The summed E-state index contributed by atoms with van der Waals surface area (Å²) in [4.78, 5) is 0.146. The van der Waals surface area contributed by atoms with Crippen molar-refractivity contribution in [3.05, 3.63) is 42.5 Å². The van der Waals surface area contributed by atoms with Crippen LogP contribution < -0.4 is 15.2 Å². The summed E-state index contributed by atoms with van der Waals surface area (Å²) < 4.78 is 69.5. The fourth-order valence-electron chi connectivity index (χ4n) is 2.07. The molecular formula is C16H16F3NO4S. The standard InChI is InChI=1S/C16H16F3NO4S/c1-25(21,22)13-5-2-11(3-6-13)12-4-7-14(24-16(17,18)19)15(10-12)23-9-8-20/h2-7,10H,8-9,20H2,1H3. The summed E-state index contributed by atoms with van der Waals surface area (Å²) in [5.74, 6) is -0.579. The van der Waals surface area contributed by atoms with Crippen LogP contribution in [-0.2, 0) is 9.84 Å². The third kappa shape index (κ3) is 5.36. The maximum absolute atomic E-state index is 12.5. The molecule has 136 valence electrons. The van der Waals surface area contributed by atoms with E-state index in [2.05, 4.69) is 4.74 Å². The normalized spacial score (nSPS) is 12.0. The Morgan fingerprint density at radius 2 is 1.60 bits per heavy atom. The maximum atomic E-state index is 12.5. The van der Waals surface area contributed by atoms with Gasteiger partial charge < -0.3 is 15.2 Å². The fraction of sp³-hybridized carbons (Fsp3) is 0.250. The highest BCUT2D eigenvalue weighted by Crippen LogP contribution is 2.36. The van der Waals surface area contributed by atoms with E-state index in [4.69, 9.17) is 10.5 Å². The Kier molecular flexibility index (Phi) is 5.58. The Hall–Kier alpha value is -2.26. The van der Waals surface area contributed by atoms with Gasteiger partial charge in [-0.3, -0.25) is 0 Å². The minimum Gasteiger partial charge on any atom is -0.488 e. The molecule has 0 radical (unpaired) electrons. The topological polar surface area (TPSA) is 78.6 Å². The molecule has 25 heavy (non-hydrogen) atoms. The second-order valence-corrected chi connectivity index (χ2v) is 7.16. The Morgan fingerprint density at radius 1 is 1.00 bits per heavy atom. The van der Waals surface area contributed by atoms with Gasteiger partial charge in [0, 0.05) is 12.8 Å². The van der Waals surface area contributed by atoms with Gasteiger partial charge in [0.05, 0.1) is 4.90 Å². The number of ether oxygens (including phenoxy) is 2. The molecule has 2 aromatic carbocycles. The second kappa shape index (κ2) is 7.32. The molecule has 9 heteroatoms. The molecule has 0 aliphatic heterocycles. The van der Waals surface area contributed by atoms with E-state index in [0.717, 1.165) is 12.3 Å². The highest BCUT2D eigenvalue weighted by atomic mass is 32.2. The molecule has 0 fully saturated rings. The molecule has 0 aliphatic rings. The second-order valence-electron chi connectivity index (χ2n) is 5.14. The van der Waals surface area contributed by atoms with Gasteiger partial charge in [-0.2, -0.15) is 0 Å². The first kappa shape index (κ1) is 19.1. The van der Waals surface area contributed by atoms with Crippen molar-refractivity contribution in [2.24, 2.45) is 5.73 Å². The zero-order chi connectivity index (χ0) is 18.7. The number of benzene rings is 2. The predicted molar refractivity (Wildman–Crippen MR) is 86.2 cm³/mol. The van der Waals surface area contributed by atoms with E-state index in [1.165, 1.54) is 24.3 Å². The maximum Gasteiger partial charge on any atom is 0.573 e. The first-order chi connectivity index (χ1) is 11.6. The van der Waals surface area contributed by atoms with E-state index in [9.17, 15) is 21.6 Å². The van der Waals surface area contributed by atoms with Crippen molar-refractivity contribution in [3.8, 4) is 22.6 Å². The molecular weight excluding hydrogens is 359 g/mol. The first-order valence-electron chi connectivity index (χ1n) is 7.13. The third-order valence-corrected chi connectivity index (χ3v) is 4.29. The van der Waals surface area contributed by atoms with Crippen molar-refractivity contribution >= 4 is 9.84 Å². The molecule has 0 unspecified atom stereocenters. The van der Waals surface area contributed by atoms with E-state index in [1.807, 2.05) is 0 Å². The molecule has 5 nitrogen and oxygen atoms in total. The highest BCUT2D eigenvalue weighted by molar-refractivity contribution is 7.90. The molecule has 0 saturated carbocycles. The zero-order valence-electron chi connectivity index (χ0n) is 13.2. The smallest absolute Gasteiger partial charge is 0.488 e. The van der Waals surface area contributed by atoms with Crippen molar-refractivity contribution in [1.29, 1.82) is 0 Å². The predicted octanol–water partition coefficient (Wildman–Crippen LogP) is 2.99. The number of halogens is 3. The lowest BCUT2D eigenvalue weighted by molar-refractivity contribution is -0.275. The number of alkyl halides is 3. The van der Waals surface area contributed by atoms with E-state index in [1.54, 1.807) is 12.1 Å². The summed E-state index contributed by atoms with van der Waals surface area (Å²) in [5, 5.41) is 0. The van der Waals surface area contributed by atoms with Gasteiger partial charge in [0.2, 0.25) is 0 Å². The summed E-state index contributed by atoms with van der Waals surface area (Å²) in [6.45, 7) is 0.142. The van der Waals surface area contributed by atoms with E-state index in [0.29, 0.717) is 11.1 Å². The SMILES string of the molecule is CS(=O)(=O)c1ccc(-c2ccc(OC(F)(F)F)c(OCCN)c2)cc1. The summed E-state index contributed by atoms with van der Waals surface area (Å²) >= 11 is 0. The van der Waals surface area contributed by atoms with Gasteiger partial charge in [-0.05, 0) is 35.4 Å². The summed E-state index contributed by atoms with van der Waals surface area (Å²) in [6, 6.07) is 9.90. The van der Waals surface area contributed by atoms with Gasteiger partial charge in [-0.1, -0.05) is 18.2 Å². The molecule has 0 aromatic heterocycles. The molecule has 2 N–H and O–H groups in total. The monoisotopic (exact) mass is 375 g/mol. The lowest BCUT2D eigenvalue weighted by Gasteiger charge is -2.15. The van der Waals surface area contributed by atoms with Gasteiger partial charge in [-0.25, -0.2) is 8.42 Å². The minimum absolute atomic E-state index is 0.0185. The van der Waals surface area contributed by atoms with Crippen LogP contribution >= 0.6 is 0 Å². The van der Waals surface area contributed by atoms with Gasteiger partial charge >= 0.3 is 6.36 Å². The van der Waals surface area contributed by atoms with Crippen LogP contribution in [0, 0.1) is 0 Å². The summed E-state index contributed by atoms with van der Waals surface area (Å²) in [6.07, 6.45) is -3.76. The van der Waals surface area contributed by atoms with Crippen molar-refractivity contribution in [2.45, 2.75) is 11.3 Å². The molecule has 0 spiro atoms. The first-order valence-corrected chi connectivity index (χ1v) is 9.02.